The molecule has 25 heavy (non-hydrogen) atoms. The zero-order chi connectivity index (χ0) is 18.3. The maximum atomic E-state index is 12.6. The van der Waals surface area contributed by atoms with Gasteiger partial charge in [0.25, 0.3) is 0 Å². The second kappa shape index (κ2) is 8.80. The molecule has 0 amide bonds. The van der Waals surface area contributed by atoms with Crippen LogP contribution in [-0.2, 0) is 26.1 Å². The molecular formula is C18H18ClNO4S. The molecule has 0 fully saturated rings. The normalized spacial score (nSPS) is 11.8. The van der Waals surface area contributed by atoms with Crippen molar-refractivity contribution in [2.45, 2.75) is 6.54 Å². The molecule has 0 unspecified atom stereocenters. The summed E-state index contributed by atoms with van der Waals surface area (Å²) in [6.07, 6.45) is 1.46. The summed E-state index contributed by atoms with van der Waals surface area (Å²) < 4.78 is 30.9. The lowest BCUT2D eigenvalue weighted by Gasteiger charge is -2.19. The summed E-state index contributed by atoms with van der Waals surface area (Å²) in [5, 5.41) is 1.64. The molecule has 132 valence electrons. The number of hydrogen-bond acceptors (Lipinski definition) is 4. The fourth-order valence-corrected chi connectivity index (χ4v) is 3.30. The van der Waals surface area contributed by atoms with Gasteiger partial charge in [-0.1, -0.05) is 54.1 Å². The van der Waals surface area contributed by atoms with E-state index in [-0.39, 0.29) is 13.1 Å². The smallest absolute Gasteiger partial charge is 0.321 e. The van der Waals surface area contributed by atoms with Crippen molar-refractivity contribution in [1.82, 2.24) is 4.31 Å². The van der Waals surface area contributed by atoms with Crippen LogP contribution in [0, 0.1) is 0 Å². The number of hydrogen-bond donors (Lipinski definition) is 0. The van der Waals surface area contributed by atoms with Crippen molar-refractivity contribution in [2.24, 2.45) is 0 Å². The topological polar surface area (TPSA) is 63.7 Å². The third-order valence-corrected chi connectivity index (χ3v) is 5.11. The average Bonchev–Trinajstić information content (AvgIpc) is 2.61. The van der Waals surface area contributed by atoms with Gasteiger partial charge < -0.3 is 4.74 Å². The molecule has 0 saturated heterocycles. The molecule has 0 N–H and O–H groups in total. The molecule has 2 aromatic carbocycles. The minimum atomic E-state index is -3.82. The Morgan fingerprint density at radius 1 is 1.12 bits per heavy atom. The van der Waals surface area contributed by atoms with Gasteiger partial charge in [0.2, 0.25) is 10.0 Å². The Morgan fingerprint density at radius 3 is 2.36 bits per heavy atom. The number of halogens is 1. The molecular weight excluding hydrogens is 362 g/mol. The first-order valence-corrected chi connectivity index (χ1v) is 9.33. The van der Waals surface area contributed by atoms with Crippen LogP contribution in [0.4, 0.5) is 0 Å². The maximum Gasteiger partial charge on any atom is 0.321 e. The van der Waals surface area contributed by atoms with Gasteiger partial charge in [0, 0.05) is 17.0 Å². The number of rotatable bonds is 7. The number of nitrogens with zero attached hydrogens (tertiary/aromatic N) is 1. The van der Waals surface area contributed by atoms with Gasteiger partial charge in [0.1, 0.15) is 6.54 Å². The van der Waals surface area contributed by atoms with Gasteiger partial charge in [0.15, 0.2) is 0 Å². The SMILES string of the molecule is COC(=O)CN(Cc1ccccc1)S(=O)(=O)/C=C/c1ccc(Cl)cc1. The van der Waals surface area contributed by atoms with Gasteiger partial charge in [0.05, 0.1) is 7.11 Å². The van der Waals surface area contributed by atoms with E-state index < -0.39 is 16.0 Å². The van der Waals surface area contributed by atoms with Crippen LogP contribution in [0.5, 0.6) is 0 Å². The summed E-state index contributed by atoms with van der Waals surface area (Å²) >= 11 is 5.81. The molecule has 7 heteroatoms. The third kappa shape index (κ3) is 6.01. The Bertz CT molecular complexity index is 833. The van der Waals surface area contributed by atoms with E-state index in [1.165, 1.54) is 13.2 Å². The summed E-state index contributed by atoms with van der Waals surface area (Å²) in [5.74, 6) is -0.626. The number of methoxy groups -OCH3 is 1. The highest BCUT2D eigenvalue weighted by Gasteiger charge is 2.23. The van der Waals surface area contributed by atoms with Gasteiger partial charge >= 0.3 is 5.97 Å². The largest absolute Gasteiger partial charge is 0.468 e. The first-order chi connectivity index (χ1) is 11.9. The van der Waals surface area contributed by atoms with E-state index in [2.05, 4.69) is 4.74 Å². The Labute approximate surface area is 152 Å². The lowest BCUT2D eigenvalue weighted by Crippen LogP contribution is -2.34. The lowest BCUT2D eigenvalue weighted by atomic mass is 10.2. The van der Waals surface area contributed by atoms with Gasteiger partial charge in [-0.15, -0.1) is 0 Å². The van der Waals surface area contributed by atoms with Gasteiger partial charge in [-0.25, -0.2) is 8.42 Å². The van der Waals surface area contributed by atoms with Crippen LogP contribution in [-0.4, -0.2) is 32.3 Å². The molecule has 0 atom stereocenters. The number of esters is 1. The Kier molecular flexibility index (Phi) is 6.75. The molecule has 0 bridgehead atoms. The van der Waals surface area contributed by atoms with Crippen LogP contribution >= 0.6 is 11.6 Å². The predicted octanol–water partition coefficient (Wildman–Crippen LogP) is 3.32. The Morgan fingerprint density at radius 2 is 1.76 bits per heavy atom. The highest BCUT2D eigenvalue weighted by Crippen LogP contribution is 2.15. The second-order valence-corrected chi connectivity index (χ2v) is 7.48. The molecule has 0 aliphatic heterocycles. The maximum absolute atomic E-state index is 12.6. The van der Waals surface area contributed by atoms with Crippen LogP contribution in [0.25, 0.3) is 6.08 Å². The van der Waals surface area contributed by atoms with E-state index in [9.17, 15) is 13.2 Å². The van der Waals surface area contributed by atoms with Gasteiger partial charge in [-0.05, 0) is 29.3 Å². The monoisotopic (exact) mass is 379 g/mol. The highest BCUT2D eigenvalue weighted by atomic mass is 35.5. The van der Waals surface area contributed by atoms with E-state index in [1.54, 1.807) is 36.4 Å². The molecule has 0 aliphatic rings. The summed E-state index contributed by atoms with van der Waals surface area (Å²) in [7, 11) is -2.59. The fraction of sp³-hybridized carbons (Fsp3) is 0.167. The lowest BCUT2D eigenvalue weighted by molar-refractivity contribution is -0.140. The van der Waals surface area contributed by atoms with Crippen molar-refractivity contribution >= 4 is 33.7 Å². The standard InChI is InChI=1S/C18H18ClNO4S/c1-24-18(21)14-20(13-16-5-3-2-4-6-16)25(22,23)12-11-15-7-9-17(19)10-8-15/h2-12H,13-14H2,1H3/b12-11+. The minimum absolute atomic E-state index is 0.0726. The number of carbonyl (C=O) groups excluding carboxylic acids is 1. The van der Waals surface area contributed by atoms with Crippen LogP contribution in [0.3, 0.4) is 0 Å². The molecule has 0 radical (unpaired) electrons. The summed E-state index contributed by atoms with van der Waals surface area (Å²) in [6.45, 7) is -0.290. The summed E-state index contributed by atoms with van der Waals surface area (Å²) in [4.78, 5) is 11.6. The number of sulfonamides is 1. The minimum Gasteiger partial charge on any atom is -0.468 e. The van der Waals surface area contributed by atoms with Crippen molar-refractivity contribution in [3.8, 4) is 0 Å². The van der Waals surface area contributed by atoms with Crippen molar-refractivity contribution in [3.05, 3.63) is 76.2 Å². The summed E-state index contributed by atoms with van der Waals surface area (Å²) in [5.41, 5.74) is 1.46. The second-order valence-electron chi connectivity index (χ2n) is 5.23. The summed E-state index contributed by atoms with van der Waals surface area (Å²) in [6, 6.07) is 15.8. The van der Waals surface area contributed by atoms with Crippen LogP contribution < -0.4 is 0 Å². The van der Waals surface area contributed by atoms with Gasteiger partial charge in [-0.3, -0.25) is 4.79 Å². The molecule has 0 spiro atoms. The van der Waals surface area contributed by atoms with E-state index in [0.29, 0.717) is 10.6 Å². The molecule has 0 aliphatic carbocycles. The first-order valence-electron chi connectivity index (χ1n) is 7.45. The number of ether oxygens (including phenoxy) is 1. The molecule has 0 heterocycles. The van der Waals surface area contributed by atoms with Crippen molar-refractivity contribution in [3.63, 3.8) is 0 Å². The molecule has 0 saturated carbocycles. The molecule has 0 aromatic heterocycles. The van der Waals surface area contributed by atoms with Crippen molar-refractivity contribution in [1.29, 1.82) is 0 Å². The zero-order valence-corrected chi connectivity index (χ0v) is 15.2. The van der Waals surface area contributed by atoms with E-state index in [0.717, 1.165) is 15.3 Å². The van der Waals surface area contributed by atoms with E-state index in [1.807, 2.05) is 18.2 Å². The van der Waals surface area contributed by atoms with E-state index in [4.69, 9.17) is 11.6 Å². The fourth-order valence-electron chi connectivity index (χ4n) is 2.06. The molecule has 5 nitrogen and oxygen atoms in total. The van der Waals surface area contributed by atoms with Crippen LogP contribution in [0.15, 0.2) is 60.0 Å². The Balaban J connectivity index is 2.23. The molecule has 2 aromatic rings. The average molecular weight is 380 g/mol. The molecule has 2 rings (SSSR count). The quantitative estimate of drug-likeness (QED) is 0.692. The first kappa shape index (κ1) is 19.2. The van der Waals surface area contributed by atoms with Crippen molar-refractivity contribution in [2.75, 3.05) is 13.7 Å². The zero-order valence-electron chi connectivity index (χ0n) is 13.6. The van der Waals surface area contributed by atoms with Gasteiger partial charge in [-0.2, -0.15) is 4.31 Å². The third-order valence-electron chi connectivity index (χ3n) is 3.40. The van der Waals surface area contributed by atoms with Crippen LogP contribution in [0.2, 0.25) is 5.02 Å². The highest BCUT2D eigenvalue weighted by molar-refractivity contribution is 7.92. The number of benzene rings is 2. The van der Waals surface area contributed by atoms with Crippen molar-refractivity contribution < 1.29 is 17.9 Å². The Hall–Kier alpha value is -2.15. The predicted molar refractivity (Wildman–Crippen MR) is 98.3 cm³/mol. The van der Waals surface area contributed by atoms with E-state index >= 15 is 0 Å². The van der Waals surface area contributed by atoms with Crippen LogP contribution in [0.1, 0.15) is 11.1 Å². The number of carbonyl (C=O) groups is 1.